The number of likely N-dealkylation sites (tertiary alicyclic amines) is 1. The van der Waals surface area contributed by atoms with E-state index in [1.54, 1.807) is 13.0 Å². The molecule has 0 radical (unpaired) electrons. The van der Waals surface area contributed by atoms with Crippen LogP contribution in [0.15, 0.2) is 18.3 Å². The van der Waals surface area contributed by atoms with Crippen molar-refractivity contribution in [2.24, 2.45) is 5.41 Å². The third-order valence-corrected chi connectivity index (χ3v) is 12.0. The van der Waals surface area contributed by atoms with E-state index in [1.807, 2.05) is 29.2 Å². The van der Waals surface area contributed by atoms with E-state index < -0.39 is 6.43 Å². The van der Waals surface area contributed by atoms with Crippen LogP contribution in [0.3, 0.4) is 0 Å². The Bertz CT molecular complexity index is 1510. The zero-order valence-corrected chi connectivity index (χ0v) is 27.3. The first-order valence-corrected chi connectivity index (χ1v) is 17.5. The van der Waals surface area contributed by atoms with E-state index in [4.69, 9.17) is 5.10 Å². The van der Waals surface area contributed by atoms with Gasteiger partial charge >= 0.3 is 0 Å². The van der Waals surface area contributed by atoms with Gasteiger partial charge in [-0.05, 0) is 112 Å². The van der Waals surface area contributed by atoms with Crippen LogP contribution in [0.5, 0.6) is 0 Å². The van der Waals surface area contributed by atoms with Crippen LogP contribution in [-0.4, -0.2) is 89.4 Å². The van der Waals surface area contributed by atoms with Crippen LogP contribution >= 0.6 is 0 Å². The summed E-state index contributed by atoms with van der Waals surface area (Å²) in [4.78, 5) is 19.4. The Morgan fingerprint density at radius 1 is 1.04 bits per heavy atom. The maximum atomic E-state index is 14.6. The molecule has 8 rings (SSSR count). The van der Waals surface area contributed by atoms with Crippen molar-refractivity contribution in [3.05, 3.63) is 46.3 Å². The van der Waals surface area contributed by atoms with Crippen LogP contribution in [0.4, 0.5) is 20.3 Å². The van der Waals surface area contributed by atoms with Crippen molar-refractivity contribution in [2.75, 3.05) is 57.8 Å². The van der Waals surface area contributed by atoms with Gasteiger partial charge < -0.3 is 25.0 Å². The van der Waals surface area contributed by atoms with Crippen molar-refractivity contribution >= 4 is 23.0 Å². The third kappa shape index (κ3) is 5.32. The number of carbonyl (C=O) groups is 1. The molecule has 2 saturated heterocycles. The van der Waals surface area contributed by atoms with Crippen LogP contribution in [0, 0.1) is 5.41 Å². The van der Waals surface area contributed by atoms with Crippen molar-refractivity contribution in [3.63, 3.8) is 0 Å². The first kappa shape index (κ1) is 30.3. The lowest BCUT2D eigenvalue weighted by molar-refractivity contribution is -0.129. The largest absolute Gasteiger partial charge is 0.338 e. The number of rotatable bonds is 5. The zero-order valence-electron chi connectivity index (χ0n) is 27.3. The predicted molar refractivity (Wildman–Crippen MR) is 175 cm³/mol. The van der Waals surface area contributed by atoms with Crippen LogP contribution in [0.25, 0.3) is 5.57 Å². The summed E-state index contributed by atoms with van der Waals surface area (Å²) in [7, 11) is 1.89. The molecule has 1 aliphatic carbocycles. The molecule has 1 aromatic carbocycles. The van der Waals surface area contributed by atoms with E-state index >= 15 is 0 Å². The molecule has 6 aliphatic rings. The number of piperidine rings is 2. The molecule has 0 atom stereocenters. The number of nitrogens with one attached hydrogen (secondary N) is 2. The Balaban J connectivity index is 1.09. The number of benzene rings is 1. The number of halogens is 2. The lowest BCUT2D eigenvalue weighted by atomic mass is 9.60. The molecule has 9 nitrogen and oxygen atoms in total. The molecule has 11 heteroatoms. The van der Waals surface area contributed by atoms with Gasteiger partial charge in [-0.3, -0.25) is 9.48 Å². The van der Waals surface area contributed by atoms with E-state index in [0.717, 1.165) is 86.0 Å². The lowest BCUT2D eigenvalue weighted by Crippen LogP contribution is -2.52. The Hall–Kier alpha value is -3.02. The molecule has 1 spiro atoms. The third-order valence-electron chi connectivity index (χ3n) is 12.0. The highest BCUT2D eigenvalue weighted by atomic mass is 19.3. The van der Waals surface area contributed by atoms with E-state index in [1.165, 1.54) is 44.5 Å². The van der Waals surface area contributed by atoms with Gasteiger partial charge in [0.2, 0.25) is 5.91 Å². The monoisotopic (exact) mass is 634 g/mol. The van der Waals surface area contributed by atoms with Crippen LogP contribution in [-0.2, 0) is 24.2 Å². The number of anilines is 2. The van der Waals surface area contributed by atoms with E-state index in [2.05, 4.69) is 25.2 Å². The van der Waals surface area contributed by atoms with Crippen LogP contribution in [0.1, 0.15) is 92.3 Å². The van der Waals surface area contributed by atoms with Crippen LogP contribution < -0.4 is 15.6 Å². The van der Waals surface area contributed by atoms with Crippen molar-refractivity contribution in [2.45, 2.75) is 89.8 Å². The van der Waals surface area contributed by atoms with Crippen molar-refractivity contribution < 1.29 is 13.6 Å². The van der Waals surface area contributed by atoms with Gasteiger partial charge in [0.05, 0.1) is 12.6 Å². The summed E-state index contributed by atoms with van der Waals surface area (Å²) in [6, 6.07) is 4.81. The van der Waals surface area contributed by atoms with Gasteiger partial charge in [-0.1, -0.05) is 0 Å². The number of carbonyl (C=O) groups excluding carboxylic acids is 1. The number of aryl methyl sites for hydroxylation is 1. The molecule has 1 aromatic heterocycles. The first-order chi connectivity index (χ1) is 22.3. The number of hydrazine groups is 1. The summed E-state index contributed by atoms with van der Waals surface area (Å²) in [5.41, 5.74) is 9.46. The number of hydrogen-bond acceptors (Lipinski definition) is 7. The normalized spacial score (nSPS) is 23.9. The van der Waals surface area contributed by atoms with Crippen molar-refractivity contribution in [1.29, 1.82) is 0 Å². The number of aromatic nitrogens is 2. The van der Waals surface area contributed by atoms with Crippen molar-refractivity contribution in [3.8, 4) is 0 Å². The second kappa shape index (κ2) is 11.9. The van der Waals surface area contributed by atoms with Crippen LogP contribution in [0.2, 0.25) is 0 Å². The molecule has 2 aromatic rings. The van der Waals surface area contributed by atoms with E-state index in [-0.39, 0.29) is 11.5 Å². The van der Waals surface area contributed by atoms with Gasteiger partial charge in [0, 0.05) is 74.8 Å². The molecule has 3 fully saturated rings. The topological polar surface area (TPSA) is 71.9 Å². The molecule has 1 amide bonds. The van der Waals surface area contributed by atoms with Gasteiger partial charge in [-0.2, -0.15) is 5.10 Å². The fourth-order valence-electron chi connectivity index (χ4n) is 9.30. The van der Waals surface area contributed by atoms with Gasteiger partial charge in [0.25, 0.3) is 6.43 Å². The summed E-state index contributed by atoms with van der Waals surface area (Å²) >= 11 is 0. The van der Waals surface area contributed by atoms with E-state index in [0.29, 0.717) is 36.7 Å². The molecule has 5 aliphatic heterocycles. The van der Waals surface area contributed by atoms with Gasteiger partial charge in [0.15, 0.2) is 5.82 Å². The number of amides is 1. The average molecular weight is 635 g/mol. The molecular formula is C35H48F2N8O. The summed E-state index contributed by atoms with van der Waals surface area (Å²) in [5, 5.41) is 10.7. The molecule has 248 valence electrons. The minimum atomic E-state index is -2.58. The highest BCUT2D eigenvalue weighted by molar-refractivity contribution is 5.78. The van der Waals surface area contributed by atoms with Gasteiger partial charge in [-0.15, -0.1) is 0 Å². The SMILES string of the molecule is CC(=O)N1CCc2c(c(N3CCCc4cc(C5=CN(C)NC5)c(C(F)F)cc43)nn2C2CC3(CCN(C4CCNCC4)CC3)C2)C1. The highest BCUT2D eigenvalue weighted by Gasteiger charge is 2.49. The highest BCUT2D eigenvalue weighted by Crippen LogP contribution is 2.56. The quantitative estimate of drug-likeness (QED) is 0.491. The van der Waals surface area contributed by atoms with Crippen molar-refractivity contribution in [1.82, 2.24) is 35.3 Å². The Kier molecular flexibility index (Phi) is 7.84. The minimum absolute atomic E-state index is 0.0690. The predicted octanol–water partition coefficient (Wildman–Crippen LogP) is 4.77. The molecule has 2 N–H and O–H groups in total. The van der Waals surface area contributed by atoms with Gasteiger partial charge in [0.1, 0.15) is 0 Å². The summed E-state index contributed by atoms with van der Waals surface area (Å²) in [5.74, 6) is 0.928. The zero-order chi connectivity index (χ0) is 31.6. The number of nitrogens with zero attached hydrogens (tertiary/aromatic N) is 6. The molecule has 0 bridgehead atoms. The van der Waals surface area contributed by atoms with E-state index in [9.17, 15) is 13.6 Å². The summed E-state index contributed by atoms with van der Waals surface area (Å²) in [6.45, 7) is 8.82. The number of fused-ring (bicyclic) bond motifs is 2. The molecule has 1 saturated carbocycles. The fourth-order valence-corrected chi connectivity index (χ4v) is 9.30. The molecule has 46 heavy (non-hydrogen) atoms. The number of alkyl halides is 2. The second-order valence-corrected chi connectivity index (χ2v) is 14.7. The average Bonchev–Trinajstić information content (AvgIpc) is 3.66. The molecule has 6 heterocycles. The van der Waals surface area contributed by atoms with Gasteiger partial charge in [-0.25, -0.2) is 14.2 Å². The maximum absolute atomic E-state index is 14.6. The number of hydrogen-bond donors (Lipinski definition) is 2. The fraction of sp³-hybridized carbons (Fsp3) is 0.657. The Morgan fingerprint density at radius 2 is 1.83 bits per heavy atom. The minimum Gasteiger partial charge on any atom is -0.338 e. The maximum Gasteiger partial charge on any atom is 0.264 e. The second-order valence-electron chi connectivity index (χ2n) is 14.7. The molecule has 0 unspecified atom stereocenters. The lowest BCUT2D eigenvalue weighted by Gasteiger charge is -2.53. The smallest absolute Gasteiger partial charge is 0.264 e. The summed E-state index contributed by atoms with van der Waals surface area (Å²) < 4.78 is 31.5. The standard InChI is InChI=1S/C35H48F2N8O/c1-23(46)43-13-7-31-30(22-43)34(40-45(31)27-18-35(19-27)8-14-42(15-9-35)26-5-10-38-11-6-26)44-12-3-4-24-16-28(25-20-39-41(2)21-25)29(33(36)37)17-32(24)44/h16-17,21,26-27,33,38-39H,3-15,18-20,22H2,1-2H3. The Morgan fingerprint density at radius 3 is 2.52 bits per heavy atom. The first-order valence-electron chi connectivity index (χ1n) is 17.5. The Labute approximate surface area is 270 Å². The molecular weight excluding hydrogens is 586 g/mol. The summed E-state index contributed by atoms with van der Waals surface area (Å²) in [6.07, 6.45) is 9.26.